The summed E-state index contributed by atoms with van der Waals surface area (Å²) in [5, 5.41) is 6.13. The highest BCUT2D eigenvalue weighted by molar-refractivity contribution is 5.91. The van der Waals surface area contributed by atoms with E-state index in [0.29, 0.717) is 19.5 Å². The second kappa shape index (κ2) is 11.7. The van der Waals surface area contributed by atoms with E-state index in [-0.39, 0.29) is 37.5 Å². The number of hydrazine groups is 1. The lowest BCUT2D eigenvalue weighted by molar-refractivity contribution is -0.188. The van der Waals surface area contributed by atoms with E-state index in [1.54, 1.807) is 19.8 Å². The molecule has 4 rings (SSSR count). The lowest BCUT2D eigenvalue weighted by Gasteiger charge is -2.55. The van der Waals surface area contributed by atoms with Gasteiger partial charge < -0.3 is 15.1 Å². The number of benzene rings is 2. The highest BCUT2D eigenvalue weighted by Gasteiger charge is 2.51. The Morgan fingerprint density at radius 1 is 1.06 bits per heavy atom. The van der Waals surface area contributed by atoms with Crippen molar-refractivity contribution in [3.05, 3.63) is 71.8 Å². The Kier molecular flexibility index (Phi) is 8.24. The molecule has 8 heteroatoms. The van der Waals surface area contributed by atoms with E-state index in [1.165, 1.54) is 0 Å². The fraction of sp³-hybridized carbons (Fsp3) is 0.393. The quantitative estimate of drug-likeness (QED) is 0.581. The Hall–Kier alpha value is -3.83. The second-order valence-corrected chi connectivity index (χ2v) is 9.14. The van der Waals surface area contributed by atoms with Crippen LogP contribution < -0.4 is 5.32 Å². The molecule has 36 heavy (non-hydrogen) atoms. The molecule has 188 valence electrons. The number of piperazine rings is 1. The van der Waals surface area contributed by atoms with Crippen LogP contribution in [0.5, 0.6) is 0 Å². The monoisotopic (exact) mass is 487 g/mol. The van der Waals surface area contributed by atoms with Crippen LogP contribution >= 0.6 is 0 Å². The molecule has 0 aliphatic carbocycles. The molecule has 0 bridgehead atoms. The number of hydrogen-bond donors (Lipinski definition) is 1. The molecular formula is C28H33N5O3. The molecule has 2 fully saturated rings. The number of amides is 4. The molecule has 0 aromatic heterocycles. The minimum Gasteiger partial charge on any atom is -0.337 e. The van der Waals surface area contributed by atoms with Crippen LogP contribution in [-0.2, 0) is 22.6 Å². The van der Waals surface area contributed by atoms with Gasteiger partial charge in [0.2, 0.25) is 11.8 Å². The van der Waals surface area contributed by atoms with Crippen molar-refractivity contribution >= 4 is 17.8 Å². The van der Waals surface area contributed by atoms with E-state index in [9.17, 15) is 14.4 Å². The number of nitrogens with zero attached hydrogens (tertiary/aromatic N) is 4. The summed E-state index contributed by atoms with van der Waals surface area (Å²) in [5.74, 6) is 2.29. The molecule has 2 aliphatic rings. The number of carbonyl (C=O) groups excluding carboxylic acids is 3. The zero-order chi connectivity index (χ0) is 25.5. The number of hydrogen-bond acceptors (Lipinski definition) is 4. The van der Waals surface area contributed by atoms with E-state index < -0.39 is 12.2 Å². The van der Waals surface area contributed by atoms with Gasteiger partial charge in [0.1, 0.15) is 12.2 Å². The Bertz CT molecular complexity index is 1100. The van der Waals surface area contributed by atoms with E-state index in [1.807, 2.05) is 60.7 Å². The molecule has 2 aromatic carbocycles. The summed E-state index contributed by atoms with van der Waals surface area (Å²) in [4.78, 5) is 44.0. The highest BCUT2D eigenvalue weighted by atomic mass is 16.2. The van der Waals surface area contributed by atoms with E-state index >= 15 is 0 Å². The van der Waals surface area contributed by atoms with Crippen LogP contribution in [0.4, 0.5) is 4.79 Å². The van der Waals surface area contributed by atoms with E-state index in [0.717, 1.165) is 24.0 Å². The summed E-state index contributed by atoms with van der Waals surface area (Å²) in [7, 11) is 0. The SMILES string of the molecule is C#CCN1CC(=O)N2[C@@H](Cc3ccccc3)C(=O)N(CCCC)C[C@@H]2N1C(=O)NCc1ccccc1. The average molecular weight is 488 g/mol. The third-order valence-corrected chi connectivity index (χ3v) is 6.65. The number of carbonyl (C=O) groups is 3. The Balaban J connectivity index is 1.65. The molecular weight excluding hydrogens is 454 g/mol. The standard InChI is InChI=1S/C28H33N5O3/c1-3-5-17-30-20-25-32(24(27(30)35)18-22-12-8-6-9-13-22)26(34)21-31(16-4-2)33(25)28(36)29-19-23-14-10-7-11-15-23/h2,6-15,24-25H,3,5,16-21H2,1H3,(H,29,36)/t24-,25-/m0/s1. The normalized spacial score (nSPS) is 20.2. The van der Waals surface area contributed by atoms with Crippen molar-refractivity contribution in [1.29, 1.82) is 0 Å². The molecule has 2 aliphatic heterocycles. The van der Waals surface area contributed by atoms with Gasteiger partial charge in [0.25, 0.3) is 0 Å². The van der Waals surface area contributed by atoms with Crippen molar-refractivity contribution in [3.63, 3.8) is 0 Å². The average Bonchev–Trinajstić information content (AvgIpc) is 2.89. The van der Waals surface area contributed by atoms with Crippen molar-refractivity contribution in [1.82, 2.24) is 25.1 Å². The number of terminal acetylenes is 1. The number of unbranched alkanes of at least 4 members (excludes halogenated alkanes) is 1. The third kappa shape index (κ3) is 5.52. The van der Waals surface area contributed by atoms with Gasteiger partial charge in [0, 0.05) is 19.5 Å². The van der Waals surface area contributed by atoms with Gasteiger partial charge in [0.05, 0.1) is 19.6 Å². The van der Waals surface area contributed by atoms with Crippen molar-refractivity contribution < 1.29 is 14.4 Å². The molecule has 4 amide bonds. The van der Waals surface area contributed by atoms with Gasteiger partial charge >= 0.3 is 6.03 Å². The number of nitrogens with one attached hydrogen (secondary N) is 1. The van der Waals surface area contributed by atoms with Gasteiger partial charge in [-0.25, -0.2) is 9.80 Å². The number of urea groups is 1. The van der Waals surface area contributed by atoms with Gasteiger partial charge in [0.15, 0.2) is 0 Å². The van der Waals surface area contributed by atoms with Gasteiger partial charge in [-0.1, -0.05) is 79.9 Å². The topological polar surface area (TPSA) is 76.2 Å². The molecule has 0 spiro atoms. The number of fused-ring (bicyclic) bond motifs is 1. The predicted octanol–water partition coefficient (Wildman–Crippen LogP) is 2.47. The fourth-order valence-electron chi connectivity index (χ4n) is 4.88. The minimum atomic E-state index is -0.687. The van der Waals surface area contributed by atoms with Gasteiger partial charge in [-0.15, -0.1) is 6.42 Å². The van der Waals surface area contributed by atoms with Crippen LogP contribution in [0.2, 0.25) is 0 Å². The maximum absolute atomic E-state index is 13.6. The van der Waals surface area contributed by atoms with Crippen LogP contribution in [0, 0.1) is 12.3 Å². The van der Waals surface area contributed by atoms with Crippen LogP contribution in [0.25, 0.3) is 0 Å². The largest absolute Gasteiger partial charge is 0.337 e. The minimum absolute atomic E-state index is 0.0625. The first-order chi connectivity index (χ1) is 17.5. The van der Waals surface area contributed by atoms with Gasteiger partial charge in [-0.05, 0) is 17.5 Å². The van der Waals surface area contributed by atoms with Crippen LogP contribution in [0.1, 0.15) is 30.9 Å². The van der Waals surface area contributed by atoms with Crippen molar-refractivity contribution in [2.75, 3.05) is 26.2 Å². The molecule has 2 heterocycles. The van der Waals surface area contributed by atoms with Gasteiger partial charge in [-0.3, -0.25) is 9.59 Å². The first kappa shape index (κ1) is 25.3. The summed E-state index contributed by atoms with van der Waals surface area (Å²) in [6.45, 7) is 3.29. The van der Waals surface area contributed by atoms with E-state index in [4.69, 9.17) is 6.42 Å². The molecule has 8 nitrogen and oxygen atoms in total. The molecule has 2 saturated heterocycles. The second-order valence-electron chi connectivity index (χ2n) is 9.14. The summed E-state index contributed by atoms with van der Waals surface area (Å²) in [5.41, 5.74) is 1.93. The number of rotatable bonds is 8. The van der Waals surface area contributed by atoms with Crippen molar-refractivity contribution in [2.24, 2.45) is 0 Å². The predicted molar refractivity (Wildman–Crippen MR) is 137 cm³/mol. The summed E-state index contributed by atoms with van der Waals surface area (Å²) >= 11 is 0. The van der Waals surface area contributed by atoms with Gasteiger partial charge in [-0.2, -0.15) is 5.01 Å². The Morgan fingerprint density at radius 3 is 2.36 bits per heavy atom. The zero-order valence-electron chi connectivity index (χ0n) is 20.7. The zero-order valence-corrected chi connectivity index (χ0v) is 20.7. The maximum Gasteiger partial charge on any atom is 0.334 e. The fourth-order valence-corrected chi connectivity index (χ4v) is 4.88. The van der Waals surface area contributed by atoms with Crippen LogP contribution in [0.15, 0.2) is 60.7 Å². The molecule has 0 radical (unpaired) electrons. The third-order valence-electron chi connectivity index (χ3n) is 6.65. The lowest BCUT2D eigenvalue weighted by Crippen LogP contribution is -2.76. The lowest BCUT2D eigenvalue weighted by atomic mass is 9.98. The molecule has 0 unspecified atom stereocenters. The van der Waals surface area contributed by atoms with Crippen LogP contribution in [-0.4, -0.2) is 76.0 Å². The summed E-state index contributed by atoms with van der Waals surface area (Å²) in [6.07, 6.45) is 7.13. The molecule has 2 atom stereocenters. The van der Waals surface area contributed by atoms with Crippen molar-refractivity contribution in [2.45, 2.75) is 44.9 Å². The Labute approximate surface area is 212 Å². The molecule has 1 N–H and O–H groups in total. The van der Waals surface area contributed by atoms with E-state index in [2.05, 4.69) is 18.2 Å². The first-order valence-electron chi connectivity index (χ1n) is 12.5. The summed E-state index contributed by atoms with van der Waals surface area (Å²) in [6, 6.07) is 18.3. The molecule has 0 saturated carbocycles. The van der Waals surface area contributed by atoms with Crippen molar-refractivity contribution in [3.8, 4) is 12.3 Å². The smallest absolute Gasteiger partial charge is 0.334 e. The maximum atomic E-state index is 13.6. The summed E-state index contributed by atoms with van der Waals surface area (Å²) < 4.78 is 0. The first-order valence-corrected chi connectivity index (χ1v) is 12.5. The Morgan fingerprint density at radius 2 is 1.72 bits per heavy atom. The van der Waals surface area contributed by atoms with Crippen LogP contribution in [0.3, 0.4) is 0 Å². The highest BCUT2D eigenvalue weighted by Crippen LogP contribution is 2.28. The molecule has 2 aromatic rings.